The van der Waals surface area contributed by atoms with E-state index in [-0.39, 0.29) is 0 Å². The molecule has 0 bridgehead atoms. The molecular formula is C15H15NOS. The van der Waals surface area contributed by atoms with Crippen molar-refractivity contribution in [3.63, 3.8) is 0 Å². The van der Waals surface area contributed by atoms with Crippen molar-refractivity contribution in [1.82, 2.24) is 0 Å². The molecule has 1 aliphatic heterocycles. The van der Waals surface area contributed by atoms with Crippen LogP contribution in [0.4, 0.5) is 5.69 Å². The summed E-state index contributed by atoms with van der Waals surface area (Å²) < 4.78 is 14.3. The van der Waals surface area contributed by atoms with Gasteiger partial charge in [0.2, 0.25) is 0 Å². The third-order valence-corrected chi connectivity index (χ3v) is 4.82. The highest BCUT2D eigenvalue weighted by Gasteiger charge is 2.26. The van der Waals surface area contributed by atoms with Gasteiger partial charge in [0.25, 0.3) is 0 Å². The fourth-order valence-corrected chi connectivity index (χ4v) is 3.58. The second kappa shape index (κ2) is 4.58. The zero-order valence-electron chi connectivity index (χ0n) is 10.3. The van der Waals surface area contributed by atoms with Gasteiger partial charge in [0.05, 0.1) is 11.4 Å². The Balaban J connectivity index is 1.93. The second-order valence-corrected chi connectivity index (χ2v) is 5.79. The number of hydrogen-bond acceptors (Lipinski definition) is 1. The Kier molecular flexibility index (Phi) is 2.92. The molecule has 1 aliphatic rings. The van der Waals surface area contributed by atoms with Crippen LogP contribution < -0.4 is 4.31 Å². The van der Waals surface area contributed by atoms with Crippen LogP contribution in [0, 0.1) is 0 Å². The summed E-state index contributed by atoms with van der Waals surface area (Å²) in [6.45, 7) is 2.87. The van der Waals surface area contributed by atoms with E-state index >= 15 is 0 Å². The van der Waals surface area contributed by atoms with Gasteiger partial charge in [0.15, 0.2) is 11.0 Å². The first-order chi connectivity index (χ1) is 8.79. The third-order valence-electron chi connectivity index (χ3n) is 3.31. The molecule has 0 N–H and O–H groups in total. The van der Waals surface area contributed by atoms with E-state index in [1.807, 2.05) is 28.6 Å². The summed E-state index contributed by atoms with van der Waals surface area (Å²) in [4.78, 5) is 0.942. The number of benzene rings is 2. The Morgan fingerprint density at radius 3 is 2.50 bits per heavy atom. The normalized spacial score (nSPS) is 17.8. The number of anilines is 1. The Morgan fingerprint density at radius 2 is 1.83 bits per heavy atom. The van der Waals surface area contributed by atoms with Crippen molar-refractivity contribution >= 4 is 16.7 Å². The lowest BCUT2D eigenvalue weighted by Crippen LogP contribution is -2.17. The van der Waals surface area contributed by atoms with Crippen LogP contribution in [0.15, 0.2) is 53.4 Å². The maximum Gasteiger partial charge on any atom is 0.153 e. The van der Waals surface area contributed by atoms with E-state index < -0.39 is 11.0 Å². The van der Waals surface area contributed by atoms with Gasteiger partial charge < -0.3 is 0 Å². The molecule has 0 spiro atoms. The third kappa shape index (κ3) is 1.85. The fourth-order valence-electron chi connectivity index (χ4n) is 2.22. The summed E-state index contributed by atoms with van der Waals surface area (Å²) in [6.07, 6.45) is 1.03. The van der Waals surface area contributed by atoms with Gasteiger partial charge in [-0.2, -0.15) is 0 Å². The molecule has 1 unspecified atom stereocenters. The molecule has 92 valence electrons. The summed E-state index contributed by atoms with van der Waals surface area (Å²) in [5.41, 5.74) is 3.50. The molecule has 18 heavy (non-hydrogen) atoms. The van der Waals surface area contributed by atoms with Crippen molar-refractivity contribution < 1.29 is 4.21 Å². The van der Waals surface area contributed by atoms with Crippen molar-refractivity contribution in [3.8, 4) is 0 Å². The first-order valence-corrected chi connectivity index (χ1v) is 7.26. The molecule has 1 heterocycles. The Morgan fingerprint density at radius 1 is 1.11 bits per heavy atom. The van der Waals surface area contributed by atoms with Crippen LogP contribution in [0.2, 0.25) is 0 Å². The van der Waals surface area contributed by atoms with Crippen molar-refractivity contribution in [2.24, 2.45) is 0 Å². The van der Waals surface area contributed by atoms with E-state index in [4.69, 9.17) is 0 Å². The summed E-state index contributed by atoms with van der Waals surface area (Å²) in [5, 5.41) is 0. The smallest absolute Gasteiger partial charge is 0.153 e. The number of rotatable bonds is 2. The average Bonchev–Trinajstić information content (AvgIpc) is 2.77. The van der Waals surface area contributed by atoms with Gasteiger partial charge in [0, 0.05) is 5.69 Å². The van der Waals surface area contributed by atoms with Gasteiger partial charge in [-0.15, -0.1) is 0 Å². The second-order valence-electron chi connectivity index (χ2n) is 4.41. The van der Waals surface area contributed by atoms with Gasteiger partial charge in [-0.1, -0.05) is 37.3 Å². The van der Waals surface area contributed by atoms with Crippen molar-refractivity contribution in [1.29, 1.82) is 0 Å². The number of aryl methyl sites for hydroxylation is 1. The predicted octanol–water partition coefficient (Wildman–Crippen LogP) is 3.29. The molecule has 0 fully saturated rings. The number of fused-ring (bicyclic) bond motifs is 1. The summed E-state index contributed by atoms with van der Waals surface area (Å²) in [6, 6.07) is 16.3. The maximum atomic E-state index is 12.4. The highest BCUT2D eigenvalue weighted by molar-refractivity contribution is 7.86. The van der Waals surface area contributed by atoms with E-state index in [1.165, 1.54) is 5.56 Å². The van der Waals surface area contributed by atoms with Crippen LogP contribution in [0.3, 0.4) is 0 Å². The predicted molar refractivity (Wildman–Crippen MR) is 74.9 cm³/mol. The van der Waals surface area contributed by atoms with E-state index in [9.17, 15) is 4.21 Å². The van der Waals surface area contributed by atoms with Gasteiger partial charge in [0.1, 0.15) is 0 Å². The lowest BCUT2D eigenvalue weighted by molar-refractivity contribution is 0.683. The summed E-state index contributed by atoms with van der Waals surface area (Å²) >= 11 is 0. The largest absolute Gasteiger partial charge is 0.283 e. The first-order valence-electron chi connectivity index (χ1n) is 6.16. The molecule has 0 aromatic heterocycles. The molecule has 0 saturated carbocycles. The van der Waals surface area contributed by atoms with Crippen LogP contribution >= 0.6 is 0 Å². The quantitative estimate of drug-likeness (QED) is 0.808. The summed E-state index contributed by atoms with van der Waals surface area (Å²) in [5.74, 6) is 0. The van der Waals surface area contributed by atoms with Crippen LogP contribution in [0.1, 0.15) is 18.1 Å². The molecule has 2 aromatic carbocycles. The van der Waals surface area contributed by atoms with E-state index in [0.717, 1.165) is 29.1 Å². The van der Waals surface area contributed by atoms with Crippen molar-refractivity contribution in [3.05, 3.63) is 59.7 Å². The molecule has 0 aliphatic carbocycles. The van der Waals surface area contributed by atoms with Crippen LogP contribution in [-0.4, -0.2) is 4.21 Å². The Bertz CT molecular complexity index is 592. The first kappa shape index (κ1) is 11.5. The highest BCUT2D eigenvalue weighted by atomic mass is 32.2. The Labute approximate surface area is 110 Å². The van der Waals surface area contributed by atoms with Crippen LogP contribution in [0.25, 0.3) is 0 Å². The highest BCUT2D eigenvalue weighted by Crippen LogP contribution is 2.31. The zero-order chi connectivity index (χ0) is 12.5. The molecule has 2 nitrogen and oxygen atoms in total. The van der Waals surface area contributed by atoms with Gasteiger partial charge in [-0.25, -0.2) is 4.21 Å². The SMILES string of the molecule is CCc1ccc(N2Cc3ccccc3S2=O)cc1. The minimum atomic E-state index is -1.06. The molecule has 1 atom stereocenters. The van der Waals surface area contributed by atoms with Crippen molar-refractivity contribution in [2.45, 2.75) is 24.8 Å². The minimum Gasteiger partial charge on any atom is -0.283 e. The number of hydrogen-bond donors (Lipinski definition) is 0. The lowest BCUT2D eigenvalue weighted by Gasteiger charge is -2.16. The molecule has 0 saturated heterocycles. The average molecular weight is 257 g/mol. The Hall–Kier alpha value is -1.61. The van der Waals surface area contributed by atoms with E-state index in [1.54, 1.807) is 0 Å². The topological polar surface area (TPSA) is 20.3 Å². The standard InChI is InChI=1S/C15H15NOS/c1-2-12-7-9-14(10-8-12)16-11-13-5-3-4-6-15(13)18(16)17/h3-10H,2,11H2,1H3. The molecule has 3 heteroatoms. The van der Waals surface area contributed by atoms with E-state index in [2.05, 4.69) is 31.2 Å². The zero-order valence-corrected chi connectivity index (χ0v) is 11.1. The van der Waals surface area contributed by atoms with Gasteiger partial charge in [-0.05, 0) is 35.7 Å². The molecule has 0 radical (unpaired) electrons. The monoisotopic (exact) mass is 257 g/mol. The van der Waals surface area contributed by atoms with Crippen LogP contribution in [0.5, 0.6) is 0 Å². The molecular weight excluding hydrogens is 242 g/mol. The lowest BCUT2D eigenvalue weighted by atomic mass is 10.1. The van der Waals surface area contributed by atoms with Gasteiger partial charge >= 0.3 is 0 Å². The number of nitrogens with zero attached hydrogens (tertiary/aromatic N) is 1. The van der Waals surface area contributed by atoms with Crippen LogP contribution in [-0.2, 0) is 24.0 Å². The van der Waals surface area contributed by atoms with Crippen molar-refractivity contribution in [2.75, 3.05) is 4.31 Å². The fraction of sp³-hybridized carbons (Fsp3) is 0.200. The van der Waals surface area contributed by atoms with Gasteiger partial charge in [-0.3, -0.25) is 4.31 Å². The maximum absolute atomic E-state index is 12.4. The summed E-state index contributed by atoms with van der Waals surface area (Å²) in [7, 11) is -1.06. The molecule has 3 rings (SSSR count). The molecule has 2 aromatic rings. The minimum absolute atomic E-state index is 0.730. The molecule has 0 amide bonds. The van der Waals surface area contributed by atoms with E-state index in [0.29, 0.717) is 0 Å².